The predicted molar refractivity (Wildman–Crippen MR) is 77.0 cm³/mol. The largest absolute Gasteiger partial charge is 0.508 e. The first-order chi connectivity index (χ1) is 9.10. The highest BCUT2D eigenvalue weighted by Crippen LogP contribution is 2.24. The molecule has 2 unspecified atom stereocenters. The summed E-state index contributed by atoms with van der Waals surface area (Å²) >= 11 is 0. The van der Waals surface area contributed by atoms with Gasteiger partial charge in [0.25, 0.3) is 0 Å². The number of carbonyl (C=O) groups is 1. The van der Waals surface area contributed by atoms with Gasteiger partial charge in [-0.25, -0.2) is 4.39 Å². The van der Waals surface area contributed by atoms with E-state index in [-0.39, 0.29) is 23.2 Å². The maximum absolute atomic E-state index is 13.2. The maximum Gasteiger partial charge on any atom is 0.237 e. The molecule has 5 heteroatoms. The molecule has 0 saturated carbocycles. The molecule has 1 amide bonds. The number of rotatable bonds is 4. The fourth-order valence-corrected chi connectivity index (χ4v) is 1.89. The summed E-state index contributed by atoms with van der Waals surface area (Å²) in [5, 5.41) is 15.6. The van der Waals surface area contributed by atoms with Crippen LogP contribution in [0.15, 0.2) is 18.2 Å². The smallest absolute Gasteiger partial charge is 0.237 e. The Bertz CT molecular complexity index is 483. The lowest BCUT2D eigenvalue weighted by Crippen LogP contribution is -2.49. The summed E-state index contributed by atoms with van der Waals surface area (Å²) in [6.07, 6.45) is 0. The van der Waals surface area contributed by atoms with Gasteiger partial charge >= 0.3 is 0 Å². The Morgan fingerprint density at radius 2 is 1.90 bits per heavy atom. The standard InChI is InChI=1S/C15H23FN2O2/c1-9(12-8-11(16)6-7-13(12)19)17-10(2)14(20)18-15(3,4)5/h6-10,17,19H,1-5H3,(H,18,20). The van der Waals surface area contributed by atoms with Gasteiger partial charge in [0.1, 0.15) is 11.6 Å². The summed E-state index contributed by atoms with van der Waals surface area (Å²) in [5.74, 6) is -0.548. The number of amides is 1. The monoisotopic (exact) mass is 282 g/mol. The van der Waals surface area contributed by atoms with Crippen molar-refractivity contribution < 1.29 is 14.3 Å². The third-order valence-electron chi connectivity index (χ3n) is 2.85. The second kappa shape index (κ2) is 6.22. The minimum absolute atomic E-state index is 0.00910. The highest BCUT2D eigenvalue weighted by atomic mass is 19.1. The Kier molecular flexibility index (Phi) is 5.11. The van der Waals surface area contributed by atoms with Crippen molar-refractivity contribution in [1.82, 2.24) is 10.6 Å². The van der Waals surface area contributed by atoms with E-state index in [1.54, 1.807) is 13.8 Å². The maximum atomic E-state index is 13.2. The minimum atomic E-state index is -0.452. The van der Waals surface area contributed by atoms with Gasteiger partial charge < -0.3 is 10.4 Å². The number of phenols is 1. The summed E-state index contributed by atoms with van der Waals surface area (Å²) in [4.78, 5) is 12.0. The van der Waals surface area contributed by atoms with Crippen molar-refractivity contribution in [3.05, 3.63) is 29.6 Å². The van der Waals surface area contributed by atoms with Crippen molar-refractivity contribution in [2.75, 3.05) is 0 Å². The lowest BCUT2D eigenvalue weighted by atomic mass is 10.1. The van der Waals surface area contributed by atoms with Gasteiger partial charge in [-0.15, -0.1) is 0 Å². The summed E-state index contributed by atoms with van der Waals surface area (Å²) < 4.78 is 13.2. The second-order valence-electron chi connectivity index (χ2n) is 6.05. The quantitative estimate of drug-likeness (QED) is 0.795. The molecule has 0 aliphatic heterocycles. The van der Waals surface area contributed by atoms with Crippen LogP contribution in [0.25, 0.3) is 0 Å². The van der Waals surface area contributed by atoms with E-state index < -0.39 is 11.9 Å². The molecule has 0 heterocycles. The predicted octanol–water partition coefficient (Wildman–Crippen LogP) is 2.49. The van der Waals surface area contributed by atoms with Gasteiger partial charge in [0.05, 0.1) is 6.04 Å². The molecule has 0 radical (unpaired) electrons. The fraction of sp³-hybridized carbons (Fsp3) is 0.533. The molecule has 2 atom stereocenters. The molecule has 1 rings (SSSR count). The van der Waals surface area contributed by atoms with E-state index in [2.05, 4.69) is 10.6 Å². The zero-order valence-electron chi connectivity index (χ0n) is 12.6. The molecule has 20 heavy (non-hydrogen) atoms. The zero-order chi connectivity index (χ0) is 15.5. The SMILES string of the molecule is CC(NC(C)c1cc(F)ccc1O)C(=O)NC(C)(C)C. The van der Waals surface area contributed by atoms with Crippen LogP contribution in [-0.2, 0) is 4.79 Å². The van der Waals surface area contributed by atoms with Gasteiger partial charge in [-0.2, -0.15) is 0 Å². The van der Waals surface area contributed by atoms with Crippen LogP contribution in [0.3, 0.4) is 0 Å². The van der Waals surface area contributed by atoms with E-state index in [0.29, 0.717) is 5.56 Å². The van der Waals surface area contributed by atoms with Crippen LogP contribution in [0, 0.1) is 5.82 Å². The van der Waals surface area contributed by atoms with Crippen molar-refractivity contribution in [2.24, 2.45) is 0 Å². The zero-order valence-corrected chi connectivity index (χ0v) is 12.6. The Morgan fingerprint density at radius 1 is 1.30 bits per heavy atom. The van der Waals surface area contributed by atoms with Gasteiger partial charge in [0, 0.05) is 17.1 Å². The minimum Gasteiger partial charge on any atom is -0.508 e. The van der Waals surface area contributed by atoms with Crippen molar-refractivity contribution in [2.45, 2.75) is 52.2 Å². The molecular formula is C15H23FN2O2. The topological polar surface area (TPSA) is 61.4 Å². The van der Waals surface area contributed by atoms with Gasteiger partial charge in [0.15, 0.2) is 0 Å². The molecule has 1 aromatic rings. The van der Waals surface area contributed by atoms with Crippen molar-refractivity contribution in [3.8, 4) is 5.75 Å². The van der Waals surface area contributed by atoms with Gasteiger partial charge in [-0.3, -0.25) is 10.1 Å². The lowest BCUT2D eigenvalue weighted by Gasteiger charge is -2.26. The summed E-state index contributed by atoms with van der Waals surface area (Å²) in [5.41, 5.74) is 0.123. The molecule has 4 nitrogen and oxygen atoms in total. The molecule has 0 aliphatic rings. The van der Waals surface area contributed by atoms with E-state index in [1.807, 2.05) is 20.8 Å². The van der Waals surface area contributed by atoms with Gasteiger partial charge in [-0.1, -0.05) is 0 Å². The molecule has 0 spiro atoms. The number of aromatic hydroxyl groups is 1. The number of carbonyl (C=O) groups excluding carboxylic acids is 1. The first-order valence-corrected chi connectivity index (χ1v) is 6.66. The summed E-state index contributed by atoms with van der Waals surface area (Å²) in [6, 6.07) is 2.98. The Balaban J connectivity index is 2.72. The van der Waals surface area contributed by atoms with Crippen LogP contribution in [-0.4, -0.2) is 22.6 Å². The van der Waals surface area contributed by atoms with Crippen LogP contribution in [0.5, 0.6) is 5.75 Å². The van der Waals surface area contributed by atoms with Crippen LogP contribution in [0.4, 0.5) is 4.39 Å². The normalized spacial score (nSPS) is 14.7. The van der Waals surface area contributed by atoms with E-state index in [9.17, 15) is 14.3 Å². The molecule has 0 bridgehead atoms. The Morgan fingerprint density at radius 3 is 2.45 bits per heavy atom. The number of hydrogen-bond donors (Lipinski definition) is 3. The third-order valence-corrected chi connectivity index (χ3v) is 2.85. The first kappa shape index (κ1) is 16.4. The van der Waals surface area contributed by atoms with Crippen molar-refractivity contribution in [3.63, 3.8) is 0 Å². The second-order valence-corrected chi connectivity index (χ2v) is 6.05. The molecule has 112 valence electrons. The molecule has 3 N–H and O–H groups in total. The third kappa shape index (κ3) is 4.81. The first-order valence-electron chi connectivity index (χ1n) is 6.66. The van der Waals surface area contributed by atoms with Crippen LogP contribution >= 0.6 is 0 Å². The fourth-order valence-electron chi connectivity index (χ4n) is 1.89. The molecule has 1 aromatic carbocycles. The average Bonchev–Trinajstić information content (AvgIpc) is 2.29. The number of hydrogen-bond acceptors (Lipinski definition) is 3. The Labute approximate surface area is 119 Å². The van der Waals surface area contributed by atoms with E-state index in [0.717, 1.165) is 0 Å². The average molecular weight is 282 g/mol. The molecule has 0 saturated heterocycles. The molecule has 0 aliphatic carbocycles. The van der Waals surface area contributed by atoms with E-state index in [4.69, 9.17) is 0 Å². The molecule has 0 aromatic heterocycles. The molecule has 0 fully saturated rings. The van der Waals surface area contributed by atoms with Crippen molar-refractivity contribution >= 4 is 5.91 Å². The lowest BCUT2D eigenvalue weighted by molar-refractivity contribution is -0.124. The number of nitrogens with one attached hydrogen (secondary N) is 2. The van der Waals surface area contributed by atoms with Crippen LogP contribution in [0.1, 0.15) is 46.2 Å². The summed E-state index contributed by atoms with van der Waals surface area (Å²) in [7, 11) is 0. The number of benzene rings is 1. The number of halogens is 1. The summed E-state index contributed by atoms with van der Waals surface area (Å²) in [6.45, 7) is 9.21. The highest BCUT2D eigenvalue weighted by molar-refractivity contribution is 5.82. The van der Waals surface area contributed by atoms with E-state index in [1.165, 1.54) is 18.2 Å². The van der Waals surface area contributed by atoms with Gasteiger partial charge in [0.2, 0.25) is 5.91 Å². The molecular weight excluding hydrogens is 259 g/mol. The highest BCUT2D eigenvalue weighted by Gasteiger charge is 2.21. The Hall–Kier alpha value is -1.62. The van der Waals surface area contributed by atoms with Crippen LogP contribution in [0.2, 0.25) is 0 Å². The van der Waals surface area contributed by atoms with Crippen LogP contribution < -0.4 is 10.6 Å². The number of phenolic OH excluding ortho intramolecular Hbond substituents is 1. The van der Waals surface area contributed by atoms with Gasteiger partial charge in [-0.05, 0) is 52.8 Å². The van der Waals surface area contributed by atoms with E-state index >= 15 is 0 Å². The van der Waals surface area contributed by atoms with Crippen molar-refractivity contribution in [1.29, 1.82) is 0 Å².